The summed E-state index contributed by atoms with van der Waals surface area (Å²) in [5.74, 6) is 0.0181. The van der Waals surface area contributed by atoms with Crippen molar-refractivity contribution in [1.29, 1.82) is 0 Å². The van der Waals surface area contributed by atoms with Crippen LogP contribution in [0.15, 0.2) is 18.2 Å². The fourth-order valence-electron chi connectivity index (χ4n) is 2.53. The smallest absolute Gasteiger partial charge is 0.407 e. The second-order valence-electron chi connectivity index (χ2n) is 7.85. The molecule has 0 radical (unpaired) electrons. The summed E-state index contributed by atoms with van der Waals surface area (Å²) in [4.78, 5) is 23.9. The summed E-state index contributed by atoms with van der Waals surface area (Å²) in [6.45, 7) is 10.1. The van der Waals surface area contributed by atoms with Crippen molar-refractivity contribution in [3.05, 3.63) is 29.3 Å². The van der Waals surface area contributed by atoms with Crippen LogP contribution in [0, 0.1) is 0 Å². The van der Waals surface area contributed by atoms with Crippen molar-refractivity contribution >= 4 is 20.6 Å². The minimum Gasteiger partial charge on any atom is -0.444 e. The molecule has 0 fully saturated rings. The summed E-state index contributed by atoms with van der Waals surface area (Å²) in [7, 11) is -1.61. The van der Waals surface area contributed by atoms with E-state index in [4.69, 9.17) is 18.3 Å². The molecule has 0 aliphatic rings. The van der Waals surface area contributed by atoms with Gasteiger partial charge in [-0.15, -0.1) is 0 Å². The zero-order valence-electron chi connectivity index (χ0n) is 19.7. The first-order valence-electron chi connectivity index (χ1n) is 10.9. The van der Waals surface area contributed by atoms with Crippen molar-refractivity contribution in [2.75, 3.05) is 26.3 Å². The van der Waals surface area contributed by atoms with E-state index in [1.54, 1.807) is 12.1 Å². The summed E-state index contributed by atoms with van der Waals surface area (Å²) in [6.07, 6.45) is 1.93. The van der Waals surface area contributed by atoms with Crippen molar-refractivity contribution in [3.63, 3.8) is 0 Å². The summed E-state index contributed by atoms with van der Waals surface area (Å²) in [5.41, 5.74) is 0.0992. The van der Waals surface area contributed by atoms with Gasteiger partial charge in [0.05, 0.1) is 13.2 Å². The quantitative estimate of drug-likeness (QED) is 0.282. The predicted molar refractivity (Wildman–Crippen MR) is 122 cm³/mol. The Hall–Kier alpha value is -1.96. The number of carbonyl (C=O) groups is 2. The molecule has 32 heavy (non-hydrogen) atoms. The number of nitrogens with one attached hydrogen (secondary N) is 2. The molecule has 8 nitrogen and oxygen atoms in total. The summed E-state index contributed by atoms with van der Waals surface area (Å²) < 4.78 is 35.1. The van der Waals surface area contributed by atoms with Crippen LogP contribution < -0.4 is 15.2 Å². The number of alkyl halides is 1. The highest BCUT2D eigenvalue weighted by atomic mass is 31.2. The molecule has 0 aliphatic carbocycles. The van der Waals surface area contributed by atoms with Gasteiger partial charge in [0.1, 0.15) is 18.0 Å². The van der Waals surface area contributed by atoms with E-state index in [0.29, 0.717) is 37.6 Å². The average molecular weight is 475 g/mol. The Morgan fingerprint density at radius 2 is 1.62 bits per heavy atom. The lowest BCUT2D eigenvalue weighted by atomic mass is 10.1. The first-order chi connectivity index (χ1) is 15.2. The maximum atomic E-state index is 13.5. The molecule has 1 aromatic rings. The molecule has 2 N–H and O–H groups in total. The molecule has 0 heterocycles. The second kappa shape index (κ2) is 15.0. The number of amides is 2. The van der Waals surface area contributed by atoms with Gasteiger partial charge in [-0.25, -0.2) is 9.18 Å². The monoisotopic (exact) mass is 474 g/mol. The second-order valence-corrected chi connectivity index (χ2v) is 9.00. The average Bonchev–Trinajstić information content (AvgIpc) is 2.72. The van der Waals surface area contributed by atoms with Gasteiger partial charge in [-0.1, -0.05) is 0 Å². The Morgan fingerprint density at radius 3 is 2.19 bits per heavy atom. The lowest BCUT2D eigenvalue weighted by molar-refractivity contribution is 0.0527. The predicted octanol–water partition coefficient (Wildman–Crippen LogP) is 5.26. The van der Waals surface area contributed by atoms with Crippen LogP contribution in [0.25, 0.3) is 0 Å². The van der Waals surface area contributed by atoms with Gasteiger partial charge in [0.2, 0.25) is 0 Å². The molecule has 0 aromatic heterocycles. The number of carbonyl (C=O) groups excluding carboxylic acids is 2. The summed E-state index contributed by atoms with van der Waals surface area (Å²) >= 11 is 0. The number of alkyl carbamates (subject to hydrolysis) is 1. The minimum absolute atomic E-state index is 0.262. The highest BCUT2D eigenvalue weighted by molar-refractivity contribution is 7.42. The fraction of sp³-hybridized carbons (Fsp3) is 0.636. The highest BCUT2D eigenvalue weighted by Crippen LogP contribution is 2.41. The minimum atomic E-state index is -1.61. The van der Waals surface area contributed by atoms with Crippen molar-refractivity contribution in [2.24, 2.45) is 0 Å². The van der Waals surface area contributed by atoms with E-state index in [1.165, 1.54) is 6.07 Å². The first-order valence-corrected chi connectivity index (χ1v) is 12.0. The van der Waals surface area contributed by atoms with Crippen LogP contribution in [0.2, 0.25) is 0 Å². The largest absolute Gasteiger partial charge is 0.444 e. The van der Waals surface area contributed by atoms with E-state index >= 15 is 0 Å². The molecule has 0 bridgehead atoms. The van der Waals surface area contributed by atoms with Crippen molar-refractivity contribution in [2.45, 2.75) is 66.2 Å². The molecule has 182 valence electrons. The lowest BCUT2D eigenvalue weighted by Crippen LogP contribution is -2.33. The fourth-order valence-corrected chi connectivity index (χ4v) is 3.47. The first kappa shape index (κ1) is 28.1. The standard InChI is InChI=1S/C22H36FN2O6P/c1-6-28-32(29-7-2)31-19-12-11-17(15-18(19)16-23)20(26)24-13-9-8-10-14-25-21(27)30-22(3,4)5/h11-12,15H,6-10,13-14,16H2,1-5H3,(H,24,26)(H,25,27). The molecule has 1 aromatic carbocycles. The third-order valence-corrected chi connectivity index (χ3v) is 5.20. The van der Waals surface area contributed by atoms with Gasteiger partial charge < -0.3 is 28.9 Å². The molecular weight excluding hydrogens is 438 g/mol. The van der Waals surface area contributed by atoms with Crippen LogP contribution in [0.3, 0.4) is 0 Å². The van der Waals surface area contributed by atoms with Crippen LogP contribution in [0.1, 0.15) is 69.8 Å². The van der Waals surface area contributed by atoms with Crippen molar-refractivity contribution in [3.8, 4) is 5.75 Å². The van der Waals surface area contributed by atoms with E-state index in [9.17, 15) is 14.0 Å². The molecule has 0 spiro atoms. The molecule has 10 heteroatoms. The van der Waals surface area contributed by atoms with Crippen LogP contribution in [0.5, 0.6) is 5.75 Å². The van der Waals surface area contributed by atoms with E-state index in [0.717, 1.165) is 19.3 Å². The van der Waals surface area contributed by atoms with E-state index < -0.39 is 27.0 Å². The maximum Gasteiger partial charge on any atom is 0.407 e. The Bertz CT molecular complexity index is 708. The molecule has 0 atom stereocenters. The van der Waals surface area contributed by atoms with Crippen LogP contribution in [-0.2, 0) is 20.5 Å². The molecule has 0 saturated heterocycles. The Kier molecular flexibility index (Phi) is 13.1. The number of rotatable bonds is 14. The maximum absolute atomic E-state index is 13.5. The zero-order valence-corrected chi connectivity index (χ0v) is 20.6. The van der Waals surface area contributed by atoms with Gasteiger partial charge in [-0.3, -0.25) is 4.79 Å². The highest BCUT2D eigenvalue weighted by Gasteiger charge is 2.18. The van der Waals surface area contributed by atoms with Gasteiger partial charge >= 0.3 is 14.7 Å². The number of halogens is 1. The van der Waals surface area contributed by atoms with Gasteiger partial charge in [0.15, 0.2) is 0 Å². The third-order valence-electron chi connectivity index (χ3n) is 3.92. The van der Waals surface area contributed by atoms with Gasteiger partial charge in [-0.2, -0.15) is 0 Å². The third kappa shape index (κ3) is 11.6. The van der Waals surface area contributed by atoms with Crippen LogP contribution in [0.4, 0.5) is 9.18 Å². The van der Waals surface area contributed by atoms with Gasteiger partial charge in [-0.05, 0) is 72.1 Å². The molecule has 2 amide bonds. The molecule has 0 aliphatic heterocycles. The summed E-state index contributed by atoms with van der Waals surface area (Å²) in [6, 6.07) is 4.61. The molecule has 1 rings (SSSR count). The number of hydrogen-bond donors (Lipinski definition) is 2. The SMILES string of the molecule is CCOP(OCC)Oc1ccc(C(=O)NCCCCCNC(=O)OC(C)(C)C)cc1CF. The molecular formula is C22H36FN2O6P. The van der Waals surface area contributed by atoms with Crippen molar-refractivity contribution in [1.82, 2.24) is 10.6 Å². The summed E-state index contributed by atoms with van der Waals surface area (Å²) in [5, 5.41) is 5.52. The zero-order chi connectivity index (χ0) is 24.0. The van der Waals surface area contributed by atoms with Crippen LogP contribution >= 0.6 is 8.60 Å². The Labute approximate surface area is 191 Å². The lowest BCUT2D eigenvalue weighted by Gasteiger charge is -2.19. The van der Waals surface area contributed by atoms with E-state index in [2.05, 4.69) is 10.6 Å². The number of hydrogen-bond acceptors (Lipinski definition) is 6. The van der Waals surface area contributed by atoms with E-state index in [1.807, 2.05) is 34.6 Å². The number of unbranched alkanes of at least 4 members (excludes halogenated alkanes) is 2. The number of ether oxygens (including phenoxy) is 1. The molecule has 0 unspecified atom stereocenters. The van der Waals surface area contributed by atoms with E-state index in [-0.39, 0.29) is 11.5 Å². The normalized spacial score (nSPS) is 11.3. The van der Waals surface area contributed by atoms with Crippen LogP contribution in [-0.4, -0.2) is 43.9 Å². The Balaban J connectivity index is 2.41. The van der Waals surface area contributed by atoms with Gasteiger partial charge in [0.25, 0.3) is 5.91 Å². The van der Waals surface area contributed by atoms with Crippen molar-refractivity contribution < 1.29 is 32.3 Å². The molecule has 0 saturated carbocycles. The topological polar surface area (TPSA) is 95.1 Å². The Morgan fingerprint density at radius 1 is 1.00 bits per heavy atom. The van der Waals surface area contributed by atoms with Gasteiger partial charge in [0, 0.05) is 24.2 Å². The number of benzene rings is 1.